The number of rotatable bonds is 3. The molecule has 1 spiro atoms. The zero-order valence-corrected chi connectivity index (χ0v) is 19.5. The van der Waals surface area contributed by atoms with Crippen LogP contribution in [0, 0.1) is 18.3 Å². The van der Waals surface area contributed by atoms with Gasteiger partial charge in [0.25, 0.3) is 11.8 Å². The van der Waals surface area contributed by atoms with E-state index in [9.17, 15) is 14.9 Å². The summed E-state index contributed by atoms with van der Waals surface area (Å²) in [5.74, 6) is 0.309. The molecule has 0 aromatic heterocycles. The molecular formula is C26H20ClN3O2S. The van der Waals surface area contributed by atoms with Crippen molar-refractivity contribution >= 4 is 40.9 Å². The van der Waals surface area contributed by atoms with Gasteiger partial charge in [0.15, 0.2) is 4.87 Å². The Labute approximate surface area is 201 Å². The van der Waals surface area contributed by atoms with Gasteiger partial charge in [0.1, 0.15) is 0 Å². The molecule has 5 rings (SSSR count). The molecule has 0 radical (unpaired) electrons. The predicted octanol–water partition coefficient (Wildman–Crippen LogP) is 5.11. The van der Waals surface area contributed by atoms with Gasteiger partial charge in [-0.25, -0.2) is 0 Å². The number of fused-ring (bicyclic) bond motifs is 2. The van der Waals surface area contributed by atoms with Crippen LogP contribution in [0.1, 0.15) is 32.6 Å². The normalized spacial score (nSPS) is 19.1. The van der Waals surface area contributed by atoms with Gasteiger partial charge in [0.05, 0.1) is 23.9 Å². The highest BCUT2D eigenvalue weighted by Gasteiger charge is 2.59. The third kappa shape index (κ3) is 3.49. The van der Waals surface area contributed by atoms with Crippen LogP contribution in [-0.4, -0.2) is 29.0 Å². The zero-order chi connectivity index (χ0) is 23.2. The van der Waals surface area contributed by atoms with E-state index in [-0.39, 0.29) is 11.8 Å². The highest BCUT2D eigenvalue weighted by atomic mass is 35.5. The van der Waals surface area contributed by atoms with E-state index in [2.05, 4.69) is 6.07 Å². The lowest BCUT2D eigenvalue weighted by atomic mass is 10.0. The van der Waals surface area contributed by atoms with Gasteiger partial charge in [-0.3, -0.25) is 9.59 Å². The van der Waals surface area contributed by atoms with E-state index in [1.807, 2.05) is 37.3 Å². The van der Waals surface area contributed by atoms with Crippen LogP contribution in [-0.2, 0) is 16.2 Å². The second-order valence-corrected chi connectivity index (χ2v) is 9.91. The van der Waals surface area contributed by atoms with Crippen molar-refractivity contribution in [1.82, 2.24) is 4.90 Å². The van der Waals surface area contributed by atoms with Crippen LogP contribution in [0.4, 0.5) is 5.69 Å². The number of nitriles is 1. The summed E-state index contributed by atoms with van der Waals surface area (Å²) in [6.45, 7) is 2.78. The van der Waals surface area contributed by atoms with Crippen LogP contribution >= 0.6 is 23.4 Å². The van der Waals surface area contributed by atoms with E-state index < -0.39 is 4.87 Å². The van der Waals surface area contributed by atoms with E-state index in [1.54, 1.807) is 46.2 Å². The fraction of sp³-hybridized carbons (Fsp3) is 0.192. The zero-order valence-electron chi connectivity index (χ0n) is 17.9. The number of halogens is 1. The van der Waals surface area contributed by atoms with E-state index in [0.29, 0.717) is 35.0 Å². The quantitative estimate of drug-likeness (QED) is 0.530. The number of amides is 2. The molecule has 0 saturated carbocycles. The van der Waals surface area contributed by atoms with Crippen LogP contribution in [0.15, 0.2) is 66.7 Å². The Hall–Kier alpha value is -3.27. The largest absolute Gasteiger partial charge is 0.311 e. The molecule has 0 aliphatic carbocycles. The van der Waals surface area contributed by atoms with Crippen molar-refractivity contribution in [3.05, 3.63) is 99.6 Å². The molecule has 1 atom stereocenters. The third-order valence-corrected chi connectivity index (χ3v) is 7.72. The molecule has 2 aliphatic heterocycles. The van der Waals surface area contributed by atoms with Crippen molar-refractivity contribution in [3.63, 3.8) is 0 Å². The number of benzene rings is 3. The first-order valence-electron chi connectivity index (χ1n) is 10.6. The summed E-state index contributed by atoms with van der Waals surface area (Å²) < 4.78 is 0. The summed E-state index contributed by atoms with van der Waals surface area (Å²) in [7, 11) is 0. The van der Waals surface area contributed by atoms with E-state index in [4.69, 9.17) is 11.6 Å². The first-order chi connectivity index (χ1) is 15.9. The number of hydrogen-bond acceptors (Lipinski definition) is 4. The lowest BCUT2D eigenvalue weighted by Crippen LogP contribution is -2.50. The van der Waals surface area contributed by atoms with Gasteiger partial charge in [0, 0.05) is 28.4 Å². The van der Waals surface area contributed by atoms with Crippen molar-refractivity contribution < 1.29 is 9.59 Å². The second kappa shape index (κ2) is 8.26. The average molecular weight is 474 g/mol. The van der Waals surface area contributed by atoms with Crippen LogP contribution < -0.4 is 4.90 Å². The molecule has 1 fully saturated rings. The van der Waals surface area contributed by atoms with Crippen LogP contribution in [0.2, 0.25) is 5.02 Å². The molecule has 3 aromatic rings. The number of carbonyl (C=O) groups excluding carboxylic acids is 2. The minimum Gasteiger partial charge on any atom is -0.311 e. The Balaban J connectivity index is 1.60. The first kappa shape index (κ1) is 21.6. The SMILES string of the molecule is Cc1ccc2c(c1)[C@]1(SCCN1C(=O)c1cccc(Cl)c1)C(=O)N2Cc1cccc(C#N)c1. The highest BCUT2D eigenvalue weighted by molar-refractivity contribution is 8.01. The van der Waals surface area contributed by atoms with E-state index in [0.717, 1.165) is 22.4 Å². The Bertz CT molecular complexity index is 1340. The molecule has 1 saturated heterocycles. The molecule has 5 nitrogen and oxygen atoms in total. The number of anilines is 1. The van der Waals surface area contributed by atoms with Crippen molar-refractivity contribution in [2.45, 2.75) is 18.3 Å². The molecule has 2 amide bonds. The highest BCUT2D eigenvalue weighted by Crippen LogP contribution is 2.55. The summed E-state index contributed by atoms with van der Waals surface area (Å²) >= 11 is 7.64. The topological polar surface area (TPSA) is 64.4 Å². The van der Waals surface area contributed by atoms with Gasteiger partial charge in [-0.1, -0.05) is 47.5 Å². The van der Waals surface area contributed by atoms with Crippen molar-refractivity contribution in [1.29, 1.82) is 5.26 Å². The van der Waals surface area contributed by atoms with Crippen molar-refractivity contribution in [2.24, 2.45) is 0 Å². The Morgan fingerprint density at radius 1 is 1.15 bits per heavy atom. The van der Waals surface area contributed by atoms with Gasteiger partial charge >= 0.3 is 0 Å². The van der Waals surface area contributed by atoms with Crippen LogP contribution in [0.25, 0.3) is 0 Å². The molecular weight excluding hydrogens is 454 g/mol. The van der Waals surface area contributed by atoms with Gasteiger partial charge < -0.3 is 9.80 Å². The fourth-order valence-corrected chi connectivity index (χ4v) is 6.23. The maximum atomic E-state index is 14.1. The van der Waals surface area contributed by atoms with Gasteiger partial charge in [-0.15, -0.1) is 11.8 Å². The van der Waals surface area contributed by atoms with E-state index in [1.165, 1.54) is 11.8 Å². The fourth-order valence-electron chi connectivity index (χ4n) is 4.59. The smallest absolute Gasteiger partial charge is 0.268 e. The second-order valence-electron chi connectivity index (χ2n) is 8.18. The third-order valence-electron chi connectivity index (χ3n) is 6.06. The Morgan fingerprint density at radius 2 is 1.97 bits per heavy atom. The Kier molecular flexibility index (Phi) is 5.40. The first-order valence-corrected chi connectivity index (χ1v) is 11.9. The summed E-state index contributed by atoms with van der Waals surface area (Å²) in [6.07, 6.45) is 0. The summed E-state index contributed by atoms with van der Waals surface area (Å²) in [4.78, 5) is 30.0. The maximum Gasteiger partial charge on any atom is 0.268 e. The number of thioether (sulfide) groups is 1. The lowest BCUT2D eigenvalue weighted by Gasteiger charge is -2.33. The predicted molar refractivity (Wildman–Crippen MR) is 130 cm³/mol. The summed E-state index contributed by atoms with van der Waals surface area (Å²) in [6, 6.07) is 22.2. The average Bonchev–Trinajstić information content (AvgIpc) is 3.36. The standard InChI is InChI=1S/C26H20ClN3O2S/c1-17-8-9-23-22(12-17)26(25(32)29(23)16-19-5-2-4-18(13-19)15-28)30(10-11-33-26)24(31)20-6-3-7-21(27)14-20/h2-9,12-14H,10-11,16H2,1H3/t26-/m0/s1. The molecule has 33 heavy (non-hydrogen) atoms. The molecule has 2 aliphatic rings. The molecule has 3 aromatic carbocycles. The van der Waals surface area contributed by atoms with Gasteiger partial charge in [0.2, 0.25) is 0 Å². The number of hydrogen-bond donors (Lipinski definition) is 0. The molecule has 2 heterocycles. The van der Waals surface area contributed by atoms with Gasteiger partial charge in [-0.05, 0) is 48.9 Å². The minimum atomic E-state index is -1.12. The number of carbonyl (C=O) groups is 2. The van der Waals surface area contributed by atoms with Gasteiger partial charge in [-0.2, -0.15) is 5.26 Å². The van der Waals surface area contributed by atoms with Crippen molar-refractivity contribution in [3.8, 4) is 6.07 Å². The monoisotopic (exact) mass is 473 g/mol. The molecule has 7 heteroatoms. The number of aryl methyl sites for hydroxylation is 1. The van der Waals surface area contributed by atoms with Crippen LogP contribution in [0.3, 0.4) is 0 Å². The van der Waals surface area contributed by atoms with Crippen molar-refractivity contribution in [2.75, 3.05) is 17.2 Å². The molecule has 0 bridgehead atoms. The summed E-state index contributed by atoms with van der Waals surface area (Å²) in [5.41, 5.74) is 4.53. The minimum absolute atomic E-state index is 0.136. The number of nitrogens with zero attached hydrogens (tertiary/aromatic N) is 3. The molecule has 0 N–H and O–H groups in total. The molecule has 164 valence electrons. The maximum absolute atomic E-state index is 14.1. The van der Waals surface area contributed by atoms with Crippen LogP contribution in [0.5, 0.6) is 0 Å². The lowest BCUT2D eigenvalue weighted by molar-refractivity contribution is -0.123. The van der Waals surface area contributed by atoms with E-state index >= 15 is 0 Å². The Morgan fingerprint density at radius 3 is 2.76 bits per heavy atom. The summed E-state index contributed by atoms with van der Waals surface area (Å²) in [5, 5.41) is 9.75. The molecule has 0 unspecified atom stereocenters.